The van der Waals surface area contributed by atoms with Gasteiger partial charge in [-0.05, 0) is 51.7 Å². The lowest BCUT2D eigenvalue weighted by Crippen LogP contribution is -2.40. The highest BCUT2D eigenvalue weighted by atomic mass is 16.5. The van der Waals surface area contributed by atoms with Crippen molar-refractivity contribution in [2.24, 2.45) is 10.9 Å². The van der Waals surface area contributed by atoms with E-state index in [1.807, 2.05) is 7.05 Å². The Bertz CT molecular complexity index is 318. The Labute approximate surface area is 148 Å². The van der Waals surface area contributed by atoms with E-state index in [9.17, 15) is 0 Å². The fourth-order valence-electron chi connectivity index (χ4n) is 2.78. The molecule has 0 aromatic heterocycles. The molecule has 0 saturated carbocycles. The van der Waals surface area contributed by atoms with Crippen LogP contribution in [0.1, 0.15) is 39.0 Å². The number of hydrogen-bond acceptors (Lipinski definition) is 4. The fraction of sp³-hybridized carbons (Fsp3) is 0.944. The minimum atomic E-state index is 0.660. The molecule has 0 aromatic carbocycles. The second kappa shape index (κ2) is 14.5. The van der Waals surface area contributed by atoms with Crippen LogP contribution in [-0.4, -0.2) is 77.6 Å². The molecule has 1 rings (SSSR count). The molecule has 1 heterocycles. The topological polar surface area (TPSA) is 58.1 Å². The third-order valence-corrected chi connectivity index (χ3v) is 4.46. The van der Waals surface area contributed by atoms with Gasteiger partial charge in [-0.1, -0.05) is 13.3 Å². The second-order valence-corrected chi connectivity index (χ2v) is 6.54. The number of piperidine rings is 1. The Kier molecular flexibility index (Phi) is 12.8. The van der Waals surface area contributed by atoms with Gasteiger partial charge in [0.1, 0.15) is 0 Å². The number of rotatable bonds is 12. The smallest absolute Gasteiger partial charge is 0.191 e. The average Bonchev–Trinajstić information content (AvgIpc) is 2.60. The SMILES string of the molecule is CCCCOCCOCCNC(=NC)NCCC1CCN(C)CC1. The lowest BCUT2D eigenvalue weighted by molar-refractivity contribution is 0.0487. The molecule has 1 aliphatic heterocycles. The summed E-state index contributed by atoms with van der Waals surface area (Å²) in [4.78, 5) is 6.67. The molecule has 1 saturated heterocycles. The number of ether oxygens (including phenoxy) is 2. The first-order valence-electron chi connectivity index (χ1n) is 9.54. The standard InChI is InChI=1S/C18H38N4O2/c1-4-5-13-23-15-16-24-14-10-21-18(19-2)20-9-6-17-7-11-22(3)12-8-17/h17H,4-16H2,1-3H3,(H2,19,20,21). The van der Waals surface area contributed by atoms with Crippen LogP contribution in [0.15, 0.2) is 4.99 Å². The molecule has 2 N–H and O–H groups in total. The van der Waals surface area contributed by atoms with Crippen LogP contribution in [0.25, 0.3) is 0 Å². The van der Waals surface area contributed by atoms with Gasteiger partial charge in [0.2, 0.25) is 0 Å². The van der Waals surface area contributed by atoms with E-state index >= 15 is 0 Å². The third kappa shape index (κ3) is 10.8. The number of hydrogen-bond donors (Lipinski definition) is 2. The van der Waals surface area contributed by atoms with E-state index < -0.39 is 0 Å². The van der Waals surface area contributed by atoms with E-state index in [4.69, 9.17) is 9.47 Å². The number of unbranched alkanes of at least 4 members (excludes halogenated alkanes) is 1. The Morgan fingerprint density at radius 1 is 1.04 bits per heavy atom. The maximum absolute atomic E-state index is 5.54. The molecule has 6 nitrogen and oxygen atoms in total. The van der Waals surface area contributed by atoms with Crippen molar-refractivity contribution in [3.8, 4) is 0 Å². The van der Waals surface area contributed by atoms with Gasteiger partial charge in [0.25, 0.3) is 0 Å². The lowest BCUT2D eigenvalue weighted by Gasteiger charge is -2.29. The van der Waals surface area contributed by atoms with Crippen molar-refractivity contribution < 1.29 is 9.47 Å². The molecule has 6 heteroatoms. The van der Waals surface area contributed by atoms with Crippen LogP contribution in [0, 0.1) is 5.92 Å². The van der Waals surface area contributed by atoms with Crippen molar-refractivity contribution in [1.82, 2.24) is 15.5 Å². The van der Waals surface area contributed by atoms with Gasteiger partial charge in [-0.3, -0.25) is 4.99 Å². The minimum absolute atomic E-state index is 0.660. The van der Waals surface area contributed by atoms with E-state index in [0.717, 1.165) is 38.0 Å². The Morgan fingerprint density at radius 3 is 2.38 bits per heavy atom. The van der Waals surface area contributed by atoms with Crippen LogP contribution in [0.4, 0.5) is 0 Å². The van der Waals surface area contributed by atoms with Gasteiger partial charge in [-0.25, -0.2) is 0 Å². The summed E-state index contributed by atoms with van der Waals surface area (Å²) < 4.78 is 11.0. The van der Waals surface area contributed by atoms with E-state index in [1.165, 1.54) is 38.8 Å². The van der Waals surface area contributed by atoms with Gasteiger partial charge in [-0.15, -0.1) is 0 Å². The maximum Gasteiger partial charge on any atom is 0.191 e. The van der Waals surface area contributed by atoms with Crippen LogP contribution in [0.2, 0.25) is 0 Å². The minimum Gasteiger partial charge on any atom is -0.379 e. The maximum atomic E-state index is 5.54. The van der Waals surface area contributed by atoms with Crippen molar-refractivity contribution in [1.29, 1.82) is 0 Å². The summed E-state index contributed by atoms with van der Waals surface area (Å²) in [5, 5.41) is 6.69. The summed E-state index contributed by atoms with van der Waals surface area (Å²) in [6, 6.07) is 0. The van der Waals surface area contributed by atoms with Gasteiger partial charge in [0.05, 0.1) is 19.8 Å². The predicted molar refractivity (Wildman–Crippen MR) is 101 cm³/mol. The van der Waals surface area contributed by atoms with E-state index in [2.05, 4.69) is 34.5 Å². The molecule has 0 bridgehead atoms. The first-order valence-corrected chi connectivity index (χ1v) is 9.54. The van der Waals surface area contributed by atoms with Crippen molar-refractivity contribution in [3.05, 3.63) is 0 Å². The molecule has 0 aromatic rings. The van der Waals surface area contributed by atoms with Crippen LogP contribution < -0.4 is 10.6 Å². The third-order valence-electron chi connectivity index (χ3n) is 4.46. The molecule has 142 valence electrons. The van der Waals surface area contributed by atoms with Crippen LogP contribution in [-0.2, 0) is 9.47 Å². The van der Waals surface area contributed by atoms with Gasteiger partial charge in [0.15, 0.2) is 5.96 Å². The van der Waals surface area contributed by atoms with Crippen molar-refractivity contribution >= 4 is 5.96 Å². The highest BCUT2D eigenvalue weighted by Gasteiger charge is 2.16. The Balaban J connectivity index is 1.93. The van der Waals surface area contributed by atoms with Gasteiger partial charge in [0, 0.05) is 26.7 Å². The number of aliphatic imine (C=N–C) groups is 1. The summed E-state index contributed by atoms with van der Waals surface area (Å²) >= 11 is 0. The average molecular weight is 343 g/mol. The zero-order valence-corrected chi connectivity index (χ0v) is 16.0. The largest absolute Gasteiger partial charge is 0.379 e. The normalized spacial score (nSPS) is 17.2. The number of nitrogens with zero attached hydrogens (tertiary/aromatic N) is 2. The van der Waals surface area contributed by atoms with Crippen LogP contribution in [0.5, 0.6) is 0 Å². The molecule has 0 amide bonds. The predicted octanol–water partition coefficient (Wildman–Crippen LogP) is 1.72. The molecule has 0 unspecified atom stereocenters. The quantitative estimate of drug-likeness (QED) is 0.321. The summed E-state index contributed by atoms with van der Waals surface area (Å²) in [5.41, 5.74) is 0. The van der Waals surface area contributed by atoms with E-state index in [-0.39, 0.29) is 0 Å². The molecule has 1 aliphatic rings. The number of guanidine groups is 1. The van der Waals surface area contributed by atoms with Crippen molar-refractivity contribution in [2.75, 3.05) is 66.7 Å². The van der Waals surface area contributed by atoms with Crippen molar-refractivity contribution in [2.45, 2.75) is 39.0 Å². The molecule has 0 radical (unpaired) electrons. The molecule has 0 atom stereocenters. The lowest BCUT2D eigenvalue weighted by atomic mass is 9.94. The summed E-state index contributed by atoms with van der Waals surface area (Å²) in [6.07, 6.45) is 6.16. The van der Waals surface area contributed by atoms with E-state index in [1.54, 1.807) is 0 Å². The molecular weight excluding hydrogens is 304 g/mol. The van der Waals surface area contributed by atoms with Crippen molar-refractivity contribution in [3.63, 3.8) is 0 Å². The van der Waals surface area contributed by atoms with Crippen LogP contribution >= 0.6 is 0 Å². The second-order valence-electron chi connectivity index (χ2n) is 6.54. The highest BCUT2D eigenvalue weighted by molar-refractivity contribution is 5.79. The Morgan fingerprint density at radius 2 is 1.71 bits per heavy atom. The first kappa shape index (κ1) is 21.2. The first-order chi connectivity index (χ1) is 11.8. The molecular formula is C18H38N4O2. The number of likely N-dealkylation sites (tertiary alicyclic amines) is 1. The Hall–Kier alpha value is -0.850. The zero-order chi connectivity index (χ0) is 17.5. The molecule has 24 heavy (non-hydrogen) atoms. The van der Waals surface area contributed by atoms with Crippen LogP contribution in [0.3, 0.4) is 0 Å². The zero-order valence-electron chi connectivity index (χ0n) is 16.0. The monoisotopic (exact) mass is 342 g/mol. The van der Waals surface area contributed by atoms with Gasteiger partial charge < -0.3 is 25.0 Å². The van der Waals surface area contributed by atoms with E-state index in [0.29, 0.717) is 19.8 Å². The summed E-state index contributed by atoms with van der Waals surface area (Å²) in [6.45, 7) is 9.24. The van der Waals surface area contributed by atoms with Gasteiger partial charge >= 0.3 is 0 Å². The summed E-state index contributed by atoms with van der Waals surface area (Å²) in [7, 11) is 4.02. The summed E-state index contributed by atoms with van der Waals surface area (Å²) in [5.74, 6) is 1.72. The highest BCUT2D eigenvalue weighted by Crippen LogP contribution is 2.18. The fourth-order valence-corrected chi connectivity index (χ4v) is 2.78. The molecule has 0 aliphatic carbocycles. The van der Waals surface area contributed by atoms with Gasteiger partial charge in [-0.2, -0.15) is 0 Å². The molecule has 1 fully saturated rings. The molecule has 0 spiro atoms. The number of nitrogens with one attached hydrogen (secondary N) is 2.